The Morgan fingerprint density at radius 3 is 2.79 bits per heavy atom. The number of amides is 2. The normalized spacial score (nSPS) is 16.9. The summed E-state index contributed by atoms with van der Waals surface area (Å²) < 4.78 is 0. The number of nitrogens with zero attached hydrogens (tertiary/aromatic N) is 3. The van der Waals surface area contributed by atoms with Crippen LogP contribution >= 0.6 is 23.2 Å². The largest absolute Gasteiger partial charge is 0.325 e. The van der Waals surface area contributed by atoms with Gasteiger partial charge in [0.1, 0.15) is 11.7 Å². The third kappa shape index (κ3) is 3.49. The summed E-state index contributed by atoms with van der Waals surface area (Å²) in [6.45, 7) is 0.502. The van der Waals surface area contributed by atoms with Crippen LogP contribution in [-0.4, -0.2) is 39.3 Å². The quantitative estimate of drug-likeness (QED) is 0.907. The van der Waals surface area contributed by atoms with Gasteiger partial charge in [0.05, 0.1) is 16.9 Å². The van der Waals surface area contributed by atoms with E-state index in [1.54, 1.807) is 18.2 Å². The lowest BCUT2D eigenvalue weighted by Gasteiger charge is -2.23. The maximum Gasteiger partial charge on any atom is 0.274 e. The number of benzene rings is 1. The fraction of sp³-hybridized carbons (Fsp3) is 0.250. The number of likely N-dealkylation sites (tertiary alicyclic amines) is 1. The first-order valence-corrected chi connectivity index (χ1v) is 8.15. The number of nitrogens with one attached hydrogen (secondary N) is 1. The highest BCUT2D eigenvalue weighted by molar-refractivity contribution is 6.36. The smallest absolute Gasteiger partial charge is 0.274 e. The molecule has 3 rings (SSSR count). The second-order valence-corrected chi connectivity index (χ2v) is 6.20. The molecule has 0 saturated carbocycles. The number of hydrogen-bond donors (Lipinski definition) is 1. The predicted molar refractivity (Wildman–Crippen MR) is 91.2 cm³/mol. The molecule has 2 amide bonds. The molecule has 1 aliphatic rings. The van der Waals surface area contributed by atoms with Gasteiger partial charge in [-0.25, -0.2) is 4.98 Å². The monoisotopic (exact) mass is 364 g/mol. The molecule has 124 valence electrons. The Kier molecular flexibility index (Phi) is 4.97. The fourth-order valence-corrected chi connectivity index (χ4v) is 3.10. The van der Waals surface area contributed by atoms with Crippen LogP contribution in [0, 0.1) is 0 Å². The number of carbonyl (C=O) groups excluding carboxylic acids is 2. The minimum atomic E-state index is -0.564. The number of anilines is 1. The molecule has 1 aromatic carbocycles. The maximum absolute atomic E-state index is 12.6. The molecule has 24 heavy (non-hydrogen) atoms. The van der Waals surface area contributed by atoms with Gasteiger partial charge in [-0.05, 0) is 31.0 Å². The zero-order valence-electron chi connectivity index (χ0n) is 12.6. The minimum absolute atomic E-state index is 0.224. The van der Waals surface area contributed by atoms with Gasteiger partial charge < -0.3 is 10.2 Å². The van der Waals surface area contributed by atoms with Crippen LogP contribution in [0.3, 0.4) is 0 Å². The maximum atomic E-state index is 12.6. The minimum Gasteiger partial charge on any atom is -0.325 e. The summed E-state index contributed by atoms with van der Waals surface area (Å²) in [5.74, 6) is -0.586. The molecule has 0 aliphatic carbocycles. The molecule has 2 aromatic rings. The molecule has 0 spiro atoms. The Morgan fingerprint density at radius 1 is 1.25 bits per heavy atom. The molecular weight excluding hydrogens is 351 g/mol. The Balaban J connectivity index is 1.75. The third-order valence-corrected chi connectivity index (χ3v) is 4.34. The van der Waals surface area contributed by atoms with E-state index in [9.17, 15) is 9.59 Å². The number of carbonyl (C=O) groups is 2. The second-order valence-electron chi connectivity index (χ2n) is 5.36. The predicted octanol–water partition coefficient (Wildman–Crippen LogP) is 3.03. The van der Waals surface area contributed by atoms with Crippen LogP contribution in [0.1, 0.15) is 23.3 Å². The van der Waals surface area contributed by atoms with Crippen molar-refractivity contribution in [1.29, 1.82) is 0 Å². The van der Waals surface area contributed by atoms with Gasteiger partial charge >= 0.3 is 0 Å². The lowest BCUT2D eigenvalue weighted by atomic mass is 10.2. The number of rotatable bonds is 3. The highest BCUT2D eigenvalue weighted by Gasteiger charge is 2.35. The summed E-state index contributed by atoms with van der Waals surface area (Å²) in [5.41, 5.74) is 0.687. The van der Waals surface area contributed by atoms with Gasteiger partial charge in [0.25, 0.3) is 5.91 Å². The molecule has 1 atom stereocenters. The zero-order chi connectivity index (χ0) is 17.1. The van der Waals surface area contributed by atoms with Gasteiger partial charge in [-0.15, -0.1) is 0 Å². The Labute approximate surface area is 148 Å². The van der Waals surface area contributed by atoms with Crippen LogP contribution < -0.4 is 5.32 Å². The highest BCUT2D eigenvalue weighted by atomic mass is 35.5. The molecule has 8 heteroatoms. The van der Waals surface area contributed by atoms with E-state index in [0.29, 0.717) is 28.7 Å². The van der Waals surface area contributed by atoms with E-state index in [0.717, 1.165) is 6.42 Å². The number of hydrogen-bond acceptors (Lipinski definition) is 4. The Bertz CT molecular complexity index is 770. The zero-order valence-corrected chi connectivity index (χ0v) is 14.1. The van der Waals surface area contributed by atoms with Crippen LogP contribution in [0.15, 0.2) is 36.8 Å². The molecule has 0 radical (unpaired) electrons. The molecule has 1 aliphatic heterocycles. The SMILES string of the molecule is O=C(Nc1ccc(Cl)cc1Cl)[C@@H]1CCCN1C(=O)c1cnccn1. The highest BCUT2D eigenvalue weighted by Crippen LogP contribution is 2.27. The van der Waals surface area contributed by atoms with Gasteiger partial charge in [0, 0.05) is 24.0 Å². The van der Waals surface area contributed by atoms with Gasteiger partial charge in [-0.3, -0.25) is 14.6 Å². The summed E-state index contributed by atoms with van der Waals surface area (Å²) in [4.78, 5) is 34.5. The Hall–Kier alpha value is -2.18. The van der Waals surface area contributed by atoms with Crippen LogP contribution in [0.4, 0.5) is 5.69 Å². The van der Waals surface area contributed by atoms with Gasteiger partial charge in [-0.2, -0.15) is 0 Å². The molecule has 1 fully saturated rings. The van der Waals surface area contributed by atoms with E-state index in [-0.39, 0.29) is 17.5 Å². The van der Waals surface area contributed by atoms with Crippen molar-refractivity contribution in [2.24, 2.45) is 0 Å². The van der Waals surface area contributed by atoms with Crippen molar-refractivity contribution >= 4 is 40.7 Å². The summed E-state index contributed by atoms with van der Waals surface area (Å²) >= 11 is 11.9. The van der Waals surface area contributed by atoms with Crippen LogP contribution in [0.2, 0.25) is 10.0 Å². The van der Waals surface area contributed by atoms with Crippen LogP contribution in [0.25, 0.3) is 0 Å². The van der Waals surface area contributed by atoms with Gasteiger partial charge in [0.2, 0.25) is 5.91 Å². The van der Waals surface area contributed by atoms with Crippen molar-refractivity contribution in [1.82, 2.24) is 14.9 Å². The van der Waals surface area contributed by atoms with Crippen molar-refractivity contribution < 1.29 is 9.59 Å². The lowest BCUT2D eigenvalue weighted by Crippen LogP contribution is -2.43. The second kappa shape index (κ2) is 7.15. The van der Waals surface area contributed by atoms with Crippen LogP contribution in [-0.2, 0) is 4.79 Å². The molecule has 1 saturated heterocycles. The average molecular weight is 365 g/mol. The van der Waals surface area contributed by atoms with Gasteiger partial charge in [-0.1, -0.05) is 23.2 Å². The molecule has 0 unspecified atom stereocenters. The van der Waals surface area contributed by atoms with E-state index in [1.807, 2.05) is 0 Å². The first-order chi connectivity index (χ1) is 11.6. The van der Waals surface area contributed by atoms with Gasteiger partial charge in [0.15, 0.2) is 0 Å². The van der Waals surface area contributed by atoms with E-state index < -0.39 is 6.04 Å². The molecule has 0 bridgehead atoms. The molecule has 1 aromatic heterocycles. The van der Waals surface area contributed by atoms with Crippen molar-refractivity contribution in [3.63, 3.8) is 0 Å². The standard InChI is InChI=1S/C16H14Cl2N4O2/c17-10-3-4-12(11(18)8-10)21-15(23)14-2-1-7-22(14)16(24)13-9-19-5-6-20-13/h3-6,8-9,14H,1-2,7H2,(H,21,23)/t14-/m0/s1. The molecule has 1 N–H and O–H groups in total. The summed E-state index contributed by atoms with van der Waals surface area (Å²) in [5, 5.41) is 3.59. The first-order valence-electron chi connectivity index (χ1n) is 7.39. The molecular formula is C16H14Cl2N4O2. The molecule has 2 heterocycles. The van der Waals surface area contributed by atoms with Crippen molar-refractivity contribution in [2.75, 3.05) is 11.9 Å². The van der Waals surface area contributed by atoms with Crippen molar-refractivity contribution in [2.45, 2.75) is 18.9 Å². The summed E-state index contributed by atoms with van der Waals surface area (Å²) in [6.07, 6.45) is 5.67. The van der Waals surface area contributed by atoms with E-state index in [1.165, 1.54) is 23.5 Å². The van der Waals surface area contributed by atoms with Crippen molar-refractivity contribution in [3.05, 3.63) is 52.5 Å². The van der Waals surface area contributed by atoms with E-state index in [4.69, 9.17) is 23.2 Å². The summed E-state index contributed by atoms with van der Waals surface area (Å²) in [6, 6.07) is 4.26. The Morgan fingerprint density at radius 2 is 2.08 bits per heavy atom. The lowest BCUT2D eigenvalue weighted by molar-refractivity contribution is -0.119. The first kappa shape index (κ1) is 16.7. The van der Waals surface area contributed by atoms with Crippen molar-refractivity contribution in [3.8, 4) is 0 Å². The van der Waals surface area contributed by atoms with E-state index in [2.05, 4.69) is 15.3 Å². The number of aromatic nitrogens is 2. The summed E-state index contributed by atoms with van der Waals surface area (Å²) in [7, 11) is 0. The van der Waals surface area contributed by atoms with Crippen LogP contribution in [0.5, 0.6) is 0 Å². The average Bonchev–Trinajstić information content (AvgIpc) is 3.07. The number of halogens is 2. The fourth-order valence-electron chi connectivity index (χ4n) is 2.65. The topological polar surface area (TPSA) is 75.2 Å². The third-order valence-electron chi connectivity index (χ3n) is 3.79. The molecule has 6 nitrogen and oxygen atoms in total. The van der Waals surface area contributed by atoms with E-state index >= 15 is 0 Å².